The number of nitrogen functional groups attached to an aromatic ring is 1. The number of nitrogens with two attached hydrogens (primary N) is 1. The summed E-state index contributed by atoms with van der Waals surface area (Å²) in [6, 6.07) is 0. The molecule has 0 aromatic carbocycles. The van der Waals surface area contributed by atoms with Crippen LogP contribution in [0.3, 0.4) is 0 Å². The van der Waals surface area contributed by atoms with Gasteiger partial charge in [0.2, 0.25) is 5.28 Å². The first kappa shape index (κ1) is 23.3. The summed E-state index contributed by atoms with van der Waals surface area (Å²) < 4.78 is 27.6. The van der Waals surface area contributed by atoms with E-state index in [0.717, 1.165) is 7.11 Å². The molecule has 3 rings (SSSR count). The maximum Gasteiger partial charge on any atom is 0.365 e. The summed E-state index contributed by atoms with van der Waals surface area (Å²) in [4.78, 5) is 42.0. The molecule has 2 aromatic rings. The minimum atomic E-state index is -5.09. The molecule has 14 nitrogen and oxygen atoms in total. The first-order valence-corrected chi connectivity index (χ1v) is 10.4. The van der Waals surface area contributed by atoms with Gasteiger partial charge in [0.05, 0.1) is 20.0 Å². The minimum Gasteiger partial charge on any atom is -0.467 e. The highest BCUT2D eigenvalue weighted by Crippen LogP contribution is 2.44. The zero-order chi connectivity index (χ0) is 23.1. The molecule has 31 heavy (non-hydrogen) atoms. The Morgan fingerprint density at radius 1 is 1.55 bits per heavy atom. The summed E-state index contributed by atoms with van der Waals surface area (Å²) in [5, 5.41) is 21.2. The second kappa shape index (κ2) is 8.30. The molecule has 0 spiro atoms. The predicted octanol–water partition coefficient (Wildman–Crippen LogP) is -1.62. The third-order valence-electron chi connectivity index (χ3n) is 4.56. The van der Waals surface area contributed by atoms with Gasteiger partial charge >= 0.3 is 13.6 Å². The SMILES string of the molecule is C#C[C@@]1(O)[C@@H](COC(C(=O)OC)P(=O)(O)O)O[C@@H](n2cnc3c(N)nc(Cl)nc32)[C@@H]1O. The Kier molecular flexibility index (Phi) is 6.25. The van der Waals surface area contributed by atoms with Crippen LogP contribution in [0.2, 0.25) is 5.28 Å². The molecule has 0 amide bonds. The van der Waals surface area contributed by atoms with Crippen molar-refractivity contribution in [1.82, 2.24) is 19.5 Å². The zero-order valence-corrected chi connectivity index (χ0v) is 17.3. The van der Waals surface area contributed by atoms with Gasteiger partial charge in [0.1, 0.15) is 17.7 Å². The second-order valence-electron chi connectivity index (χ2n) is 6.43. The quantitative estimate of drug-likeness (QED) is 0.137. The summed E-state index contributed by atoms with van der Waals surface area (Å²) in [5.74, 6) is -1.71. The smallest absolute Gasteiger partial charge is 0.365 e. The first-order valence-electron chi connectivity index (χ1n) is 8.38. The fourth-order valence-electron chi connectivity index (χ4n) is 3.00. The number of anilines is 1. The lowest BCUT2D eigenvalue weighted by atomic mass is 9.93. The molecule has 6 N–H and O–H groups in total. The van der Waals surface area contributed by atoms with Crippen LogP contribution in [0.5, 0.6) is 0 Å². The van der Waals surface area contributed by atoms with Gasteiger partial charge in [-0.2, -0.15) is 9.97 Å². The molecule has 1 fully saturated rings. The Bertz CT molecular complexity index is 1100. The Hall–Kier alpha value is -2.34. The number of carbonyl (C=O) groups is 1. The number of esters is 1. The van der Waals surface area contributed by atoms with Gasteiger partial charge in [-0.25, -0.2) is 9.78 Å². The van der Waals surface area contributed by atoms with Gasteiger partial charge in [-0.05, 0) is 11.6 Å². The number of fused-ring (bicyclic) bond motifs is 1. The maximum atomic E-state index is 11.6. The van der Waals surface area contributed by atoms with Gasteiger partial charge in [0.15, 0.2) is 23.3 Å². The topological polar surface area (TPSA) is 212 Å². The van der Waals surface area contributed by atoms with Crippen LogP contribution in [-0.4, -0.2) is 82.9 Å². The molecular weight excluding hydrogens is 461 g/mol. The third-order valence-corrected chi connectivity index (χ3v) is 5.70. The number of aliphatic hydroxyl groups excluding tert-OH is 1. The Labute approximate surface area is 179 Å². The Balaban J connectivity index is 1.92. The van der Waals surface area contributed by atoms with E-state index in [4.69, 9.17) is 33.2 Å². The molecule has 0 radical (unpaired) electrons. The van der Waals surface area contributed by atoms with Gasteiger partial charge in [-0.1, -0.05) is 5.92 Å². The normalized spacial score (nSPS) is 27.2. The summed E-state index contributed by atoms with van der Waals surface area (Å²) in [5.41, 5.74) is 3.56. The summed E-state index contributed by atoms with van der Waals surface area (Å²) >= 11 is 5.81. The van der Waals surface area contributed by atoms with Gasteiger partial charge in [-0.15, -0.1) is 6.42 Å². The molecule has 2 aromatic heterocycles. The van der Waals surface area contributed by atoms with Crippen molar-refractivity contribution in [2.45, 2.75) is 29.9 Å². The summed E-state index contributed by atoms with van der Waals surface area (Å²) in [7, 11) is -4.18. The van der Waals surface area contributed by atoms with E-state index < -0.39 is 50.1 Å². The summed E-state index contributed by atoms with van der Waals surface area (Å²) in [6.07, 6.45) is 1.88. The largest absolute Gasteiger partial charge is 0.467 e. The molecule has 3 heterocycles. The molecule has 0 aliphatic carbocycles. The fraction of sp³-hybridized carbons (Fsp3) is 0.467. The molecule has 168 valence electrons. The average Bonchev–Trinajstić information content (AvgIpc) is 3.21. The van der Waals surface area contributed by atoms with Gasteiger partial charge in [0, 0.05) is 0 Å². The number of carbonyl (C=O) groups excluding carboxylic acids is 1. The fourth-order valence-corrected chi connectivity index (χ4v) is 3.83. The van der Waals surface area contributed by atoms with Crippen LogP contribution in [0.1, 0.15) is 6.23 Å². The highest BCUT2D eigenvalue weighted by Gasteiger charge is 2.56. The molecule has 1 unspecified atom stereocenters. The first-order chi connectivity index (χ1) is 14.4. The van der Waals surface area contributed by atoms with Gasteiger partial charge < -0.3 is 39.9 Å². The van der Waals surface area contributed by atoms with Crippen molar-refractivity contribution in [3.05, 3.63) is 11.6 Å². The van der Waals surface area contributed by atoms with E-state index in [2.05, 4.69) is 19.7 Å². The van der Waals surface area contributed by atoms with Crippen molar-refractivity contribution in [2.75, 3.05) is 19.5 Å². The summed E-state index contributed by atoms with van der Waals surface area (Å²) in [6.45, 7) is -0.788. The number of methoxy groups -OCH3 is 1. The maximum absolute atomic E-state index is 11.6. The lowest BCUT2D eigenvalue weighted by Crippen LogP contribution is -2.48. The number of aliphatic hydroxyl groups is 2. The van der Waals surface area contributed by atoms with Crippen molar-refractivity contribution in [3.8, 4) is 12.3 Å². The Morgan fingerprint density at radius 3 is 2.81 bits per heavy atom. The van der Waals surface area contributed by atoms with Crippen LogP contribution < -0.4 is 5.73 Å². The monoisotopic (exact) mass is 477 g/mol. The van der Waals surface area contributed by atoms with E-state index in [1.165, 1.54) is 10.9 Å². The van der Waals surface area contributed by atoms with E-state index in [0.29, 0.717) is 0 Å². The highest BCUT2D eigenvalue weighted by molar-refractivity contribution is 7.53. The lowest BCUT2D eigenvalue weighted by molar-refractivity contribution is -0.153. The third kappa shape index (κ3) is 4.10. The average molecular weight is 478 g/mol. The van der Waals surface area contributed by atoms with E-state index in [1.807, 2.05) is 5.92 Å². The molecule has 5 atom stereocenters. The molecule has 0 saturated carbocycles. The molecular formula is C15H17ClN5O9P. The molecule has 1 aliphatic heterocycles. The number of ether oxygens (including phenoxy) is 3. The van der Waals surface area contributed by atoms with E-state index >= 15 is 0 Å². The number of halogens is 1. The second-order valence-corrected chi connectivity index (χ2v) is 8.41. The number of hydrogen-bond donors (Lipinski definition) is 5. The van der Waals surface area contributed by atoms with Crippen LogP contribution in [-0.2, 0) is 23.6 Å². The van der Waals surface area contributed by atoms with Crippen molar-refractivity contribution in [2.24, 2.45) is 0 Å². The van der Waals surface area contributed by atoms with Gasteiger partial charge in [0.25, 0.3) is 5.85 Å². The van der Waals surface area contributed by atoms with Crippen LogP contribution in [0.15, 0.2) is 6.33 Å². The standard InChI is InChI=1S/C15H17ClN5O9P/c1-3-15(24)6(4-29-13(12(23)28-2)31(25,26)27)30-11(8(15)22)21-5-18-7-9(17)19-14(16)20-10(7)21/h1,5-6,8,11,13,22,24H,4H2,2H3,(H2,17,19,20)(H2,25,26,27)/t6-,8+,11-,13?,15-/m1/s1. The highest BCUT2D eigenvalue weighted by atomic mass is 35.5. The zero-order valence-electron chi connectivity index (χ0n) is 15.7. The molecule has 1 aliphatic rings. The lowest BCUT2D eigenvalue weighted by Gasteiger charge is -2.26. The number of hydrogen-bond acceptors (Lipinski definition) is 11. The van der Waals surface area contributed by atoms with Crippen LogP contribution in [0.4, 0.5) is 5.82 Å². The number of rotatable bonds is 6. The van der Waals surface area contributed by atoms with Crippen LogP contribution >= 0.6 is 19.2 Å². The molecule has 0 bridgehead atoms. The van der Waals surface area contributed by atoms with Crippen LogP contribution in [0, 0.1) is 12.3 Å². The van der Waals surface area contributed by atoms with E-state index in [-0.39, 0.29) is 22.3 Å². The van der Waals surface area contributed by atoms with Crippen molar-refractivity contribution < 1.29 is 43.6 Å². The predicted molar refractivity (Wildman–Crippen MR) is 102 cm³/mol. The van der Waals surface area contributed by atoms with E-state index in [1.54, 1.807) is 0 Å². The number of terminal acetylenes is 1. The molecule has 1 saturated heterocycles. The Morgan fingerprint density at radius 2 is 2.23 bits per heavy atom. The van der Waals surface area contributed by atoms with Crippen molar-refractivity contribution >= 4 is 42.1 Å². The van der Waals surface area contributed by atoms with Crippen molar-refractivity contribution in [1.29, 1.82) is 0 Å². The van der Waals surface area contributed by atoms with E-state index in [9.17, 15) is 29.4 Å². The van der Waals surface area contributed by atoms with Crippen LogP contribution in [0.25, 0.3) is 11.2 Å². The number of imidazole rings is 1. The number of nitrogens with zero attached hydrogens (tertiary/aromatic N) is 4. The van der Waals surface area contributed by atoms with Crippen molar-refractivity contribution in [3.63, 3.8) is 0 Å². The molecule has 16 heteroatoms. The minimum absolute atomic E-state index is 0.0455. The van der Waals surface area contributed by atoms with Gasteiger partial charge in [-0.3, -0.25) is 9.13 Å². The number of aromatic nitrogens is 4.